The Morgan fingerprint density at radius 1 is 1.19 bits per heavy atom. The number of benzene rings is 1. The molecule has 6 nitrogen and oxygen atoms in total. The second-order valence-corrected chi connectivity index (χ2v) is 7.27. The number of aromatic nitrogens is 2. The molecular formula is C20H26FN5O. The van der Waals surface area contributed by atoms with Crippen molar-refractivity contribution in [3.63, 3.8) is 0 Å². The van der Waals surface area contributed by atoms with Crippen LogP contribution in [-0.4, -0.2) is 42.1 Å². The maximum atomic E-state index is 13.3. The van der Waals surface area contributed by atoms with Crippen molar-refractivity contribution in [2.24, 2.45) is 0 Å². The van der Waals surface area contributed by atoms with Crippen LogP contribution in [0.5, 0.6) is 0 Å². The van der Waals surface area contributed by atoms with Crippen molar-refractivity contribution in [3.8, 4) is 0 Å². The van der Waals surface area contributed by atoms with Gasteiger partial charge in [0, 0.05) is 43.5 Å². The third-order valence-electron chi connectivity index (χ3n) is 4.85. The smallest absolute Gasteiger partial charge is 0.251 e. The van der Waals surface area contributed by atoms with Crippen molar-refractivity contribution < 1.29 is 9.18 Å². The van der Waals surface area contributed by atoms with E-state index in [1.165, 1.54) is 12.1 Å². The predicted molar refractivity (Wildman–Crippen MR) is 105 cm³/mol. The summed E-state index contributed by atoms with van der Waals surface area (Å²) >= 11 is 0. The molecule has 1 fully saturated rings. The first-order valence-electron chi connectivity index (χ1n) is 9.26. The minimum absolute atomic E-state index is 0.107. The van der Waals surface area contributed by atoms with Gasteiger partial charge in [0.2, 0.25) is 5.95 Å². The van der Waals surface area contributed by atoms with Gasteiger partial charge in [-0.05, 0) is 50.8 Å². The summed E-state index contributed by atoms with van der Waals surface area (Å²) in [5, 5.41) is 6.41. The van der Waals surface area contributed by atoms with E-state index in [4.69, 9.17) is 0 Å². The second kappa shape index (κ2) is 8.33. The number of rotatable bonds is 5. The van der Waals surface area contributed by atoms with Gasteiger partial charge in [-0.15, -0.1) is 0 Å². The van der Waals surface area contributed by atoms with Crippen LogP contribution in [-0.2, 0) is 0 Å². The summed E-state index contributed by atoms with van der Waals surface area (Å²) < 4.78 is 13.3. The summed E-state index contributed by atoms with van der Waals surface area (Å²) in [6.45, 7) is 1.99. The Labute approximate surface area is 159 Å². The van der Waals surface area contributed by atoms with Crippen molar-refractivity contribution in [1.29, 1.82) is 0 Å². The Morgan fingerprint density at radius 2 is 1.89 bits per heavy atom. The normalized spacial score (nSPS) is 19.4. The number of carbonyl (C=O) groups is 1. The number of nitrogens with one attached hydrogen (secondary N) is 2. The van der Waals surface area contributed by atoms with Crippen LogP contribution < -0.4 is 15.5 Å². The molecule has 3 rings (SSSR count). The minimum atomic E-state index is -0.397. The van der Waals surface area contributed by atoms with Gasteiger partial charge in [0.15, 0.2) is 0 Å². The van der Waals surface area contributed by atoms with E-state index < -0.39 is 5.82 Å². The molecule has 1 heterocycles. The average molecular weight is 371 g/mol. The molecule has 7 heteroatoms. The number of nitrogens with zero attached hydrogens (tertiary/aromatic N) is 3. The first-order chi connectivity index (χ1) is 12.9. The standard InChI is InChI=1S/C20H26FN5O/c1-13-12-22-20(25-18(13)26(2)3)24-17-9-7-16(8-10-17)23-19(27)14-5-4-6-15(21)11-14/h4-6,11-12,16-17H,7-10H2,1-3H3,(H,23,27)(H,22,24,25)/t16-,17+. The average Bonchev–Trinajstić information content (AvgIpc) is 2.64. The first kappa shape index (κ1) is 19.1. The molecule has 1 aromatic carbocycles. The van der Waals surface area contributed by atoms with Gasteiger partial charge in [0.05, 0.1) is 0 Å². The highest BCUT2D eigenvalue weighted by atomic mass is 19.1. The zero-order valence-corrected chi connectivity index (χ0v) is 16.0. The number of carbonyl (C=O) groups excluding carboxylic acids is 1. The monoisotopic (exact) mass is 371 g/mol. The van der Waals surface area contributed by atoms with Crippen LogP contribution in [0.3, 0.4) is 0 Å². The molecule has 0 unspecified atom stereocenters. The van der Waals surface area contributed by atoms with E-state index in [9.17, 15) is 9.18 Å². The maximum Gasteiger partial charge on any atom is 0.251 e. The van der Waals surface area contributed by atoms with Crippen molar-refractivity contribution >= 4 is 17.7 Å². The van der Waals surface area contributed by atoms with Crippen LogP contribution in [0.1, 0.15) is 41.6 Å². The molecule has 1 amide bonds. The van der Waals surface area contributed by atoms with E-state index in [-0.39, 0.29) is 18.0 Å². The lowest BCUT2D eigenvalue weighted by Gasteiger charge is -2.30. The van der Waals surface area contributed by atoms with Crippen LogP contribution in [0, 0.1) is 12.7 Å². The quantitative estimate of drug-likeness (QED) is 0.845. The third kappa shape index (κ3) is 4.93. The lowest BCUT2D eigenvalue weighted by molar-refractivity contribution is 0.0926. The highest BCUT2D eigenvalue weighted by Crippen LogP contribution is 2.23. The van der Waals surface area contributed by atoms with Crippen molar-refractivity contribution in [3.05, 3.63) is 47.4 Å². The molecular weight excluding hydrogens is 345 g/mol. The van der Waals surface area contributed by atoms with Gasteiger partial charge >= 0.3 is 0 Å². The summed E-state index contributed by atoms with van der Waals surface area (Å²) in [6.07, 6.45) is 5.40. The Balaban J connectivity index is 1.52. The maximum absolute atomic E-state index is 13.3. The topological polar surface area (TPSA) is 70.1 Å². The van der Waals surface area contributed by atoms with Gasteiger partial charge in [-0.3, -0.25) is 4.79 Å². The fourth-order valence-corrected chi connectivity index (χ4v) is 3.42. The van der Waals surface area contributed by atoms with E-state index in [0.717, 1.165) is 37.1 Å². The van der Waals surface area contributed by atoms with Gasteiger partial charge in [-0.25, -0.2) is 9.37 Å². The van der Waals surface area contributed by atoms with Crippen molar-refractivity contribution in [1.82, 2.24) is 15.3 Å². The van der Waals surface area contributed by atoms with Gasteiger partial charge in [-0.1, -0.05) is 6.07 Å². The summed E-state index contributed by atoms with van der Waals surface area (Å²) in [5.74, 6) is 0.925. The highest BCUT2D eigenvalue weighted by molar-refractivity contribution is 5.94. The summed E-state index contributed by atoms with van der Waals surface area (Å²) in [4.78, 5) is 23.2. The lowest BCUT2D eigenvalue weighted by atomic mass is 9.91. The van der Waals surface area contributed by atoms with Crippen LogP contribution in [0.2, 0.25) is 0 Å². The Hall–Kier alpha value is -2.70. The van der Waals surface area contributed by atoms with Crippen molar-refractivity contribution in [2.45, 2.75) is 44.7 Å². The number of aryl methyl sites for hydroxylation is 1. The number of hydrogen-bond donors (Lipinski definition) is 2. The van der Waals surface area contributed by atoms with E-state index >= 15 is 0 Å². The molecule has 2 aromatic rings. The highest BCUT2D eigenvalue weighted by Gasteiger charge is 2.23. The fraction of sp³-hybridized carbons (Fsp3) is 0.450. The zero-order valence-electron chi connectivity index (χ0n) is 16.0. The molecule has 144 valence electrons. The first-order valence-corrected chi connectivity index (χ1v) is 9.26. The number of hydrogen-bond acceptors (Lipinski definition) is 5. The summed E-state index contributed by atoms with van der Waals surface area (Å²) in [6, 6.07) is 6.17. The molecule has 1 saturated carbocycles. The molecule has 2 N–H and O–H groups in total. The third-order valence-corrected chi connectivity index (χ3v) is 4.85. The van der Waals surface area contributed by atoms with E-state index in [1.54, 1.807) is 12.1 Å². The zero-order chi connectivity index (χ0) is 19.4. The summed E-state index contributed by atoms with van der Waals surface area (Å²) in [5.41, 5.74) is 1.40. The molecule has 0 saturated heterocycles. The van der Waals surface area contributed by atoms with Crippen LogP contribution >= 0.6 is 0 Å². The molecule has 1 aromatic heterocycles. The second-order valence-electron chi connectivity index (χ2n) is 7.27. The van der Waals surface area contributed by atoms with Gasteiger partial charge in [0.25, 0.3) is 5.91 Å². The molecule has 1 aliphatic carbocycles. The molecule has 0 spiro atoms. The van der Waals surface area contributed by atoms with Crippen molar-refractivity contribution in [2.75, 3.05) is 24.3 Å². The van der Waals surface area contributed by atoms with Crippen LogP contribution in [0.4, 0.5) is 16.2 Å². The van der Waals surface area contributed by atoms with Gasteiger partial charge in [0.1, 0.15) is 11.6 Å². The lowest BCUT2D eigenvalue weighted by Crippen LogP contribution is -2.40. The SMILES string of the molecule is Cc1cnc(N[C@H]2CC[C@@H](NC(=O)c3cccc(F)c3)CC2)nc1N(C)C. The minimum Gasteiger partial charge on any atom is -0.362 e. The molecule has 0 radical (unpaired) electrons. The Kier molecular flexibility index (Phi) is 5.88. The van der Waals surface area contributed by atoms with E-state index in [1.807, 2.05) is 32.1 Å². The largest absolute Gasteiger partial charge is 0.362 e. The molecule has 27 heavy (non-hydrogen) atoms. The van der Waals surface area contributed by atoms with Gasteiger partial charge in [-0.2, -0.15) is 4.98 Å². The molecule has 0 aliphatic heterocycles. The predicted octanol–water partition coefficient (Wildman–Crippen LogP) is 3.14. The Morgan fingerprint density at radius 3 is 2.56 bits per heavy atom. The Bertz CT molecular complexity index is 803. The van der Waals surface area contributed by atoms with E-state index in [0.29, 0.717) is 11.5 Å². The molecule has 1 aliphatic rings. The summed E-state index contributed by atoms with van der Waals surface area (Å²) in [7, 11) is 3.93. The fourth-order valence-electron chi connectivity index (χ4n) is 3.42. The van der Waals surface area contributed by atoms with Crippen LogP contribution in [0.25, 0.3) is 0 Å². The number of halogens is 1. The number of anilines is 2. The molecule has 0 atom stereocenters. The van der Waals surface area contributed by atoms with Crippen LogP contribution in [0.15, 0.2) is 30.5 Å². The number of amides is 1. The molecule has 0 bridgehead atoms. The van der Waals surface area contributed by atoms with Gasteiger partial charge < -0.3 is 15.5 Å². The van der Waals surface area contributed by atoms with E-state index in [2.05, 4.69) is 20.6 Å².